The first-order chi connectivity index (χ1) is 14.0. The Balaban J connectivity index is 1.84. The molecule has 1 amide bonds. The lowest BCUT2D eigenvalue weighted by atomic mass is 9.91. The first kappa shape index (κ1) is 20.2. The van der Waals surface area contributed by atoms with Crippen LogP contribution in [0.25, 0.3) is 0 Å². The second-order valence-corrected chi connectivity index (χ2v) is 8.55. The molecule has 0 saturated carbocycles. The number of halogens is 3. The van der Waals surface area contributed by atoms with Crippen molar-refractivity contribution >= 4 is 56.4 Å². The van der Waals surface area contributed by atoms with Crippen LogP contribution in [-0.2, 0) is 16.9 Å². The van der Waals surface area contributed by atoms with Crippen LogP contribution in [0, 0.1) is 0 Å². The average molecular weight is 492 g/mol. The van der Waals surface area contributed by atoms with Crippen LogP contribution in [0.5, 0.6) is 0 Å². The zero-order chi connectivity index (χ0) is 20.6. The Morgan fingerprint density at radius 2 is 1.69 bits per heavy atom. The highest BCUT2D eigenvalue weighted by atomic mass is 79.9. The van der Waals surface area contributed by atoms with Crippen molar-refractivity contribution in [1.82, 2.24) is 0 Å². The van der Waals surface area contributed by atoms with Gasteiger partial charge in [0.15, 0.2) is 5.54 Å². The normalized spacial score (nSPS) is 18.1. The number of anilines is 2. The SMILES string of the molecule is O=C1N(Cc2ccccc2)c2ccc(Br)cc2C1(CO)Nc1c(Cl)cccc1Cl. The first-order valence-electron chi connectivity index (χ1n) is 8.95. The molecule has 4 rings (SSSR count). The van der Waals surface area contributed by atoms with Crippen LogP contribution in [0.1, 0.15) is 11.1 Å². The second-order valence-electron chi connectivity index (χ2n) is 6.82. The number of hydrogen-bond acceptors (Lipinski definition) is 3. The third-order valence-corrected chi connectivity index (χ3v) is 6.16. The third-order valence-electron chi connectivity index (χ3n) is 5.04. The number of para-hydroxylation sites is 1. The lowest BCUT2D eigenvalue weighted by Crippen LogP contribution is -2.48. The number of carbonyl (C=O) groups excluding carboxylic acids is 1. The fourth-order valence-electron chi connectivity index (χ4n) is 3.61. The number of aliphatic hydroxyl groups excluding tert-OH is 1. The molecule has 1 heterocycles. The molecule has 1 aliphatic heterocycles. The summed E-state index contributed by atoms with van der Waals surface area (Å²) in [6.07, 6.45) is 0. The number of aliphatic hydroxyl groups is 1. The molecule has 0 saturated heterocycles. The van der Waals surface area contributed by atoms with Gasteiger partial charge in [-0.1, -0.05) is 75.5 Å². The standard InChI is InChI=1S/C22H17BrCl2N2O2/c23-15-9-10-19-16(11-15)22(13-28,26-20-17(24)7-4-8-18(20)25)21(29)27(19)12-14-5-2-1-3-6-14/h1-11,26,28H,12-13H2. The van der Waals surface area contributed by atoms with Crippen LogP contribution in [-0.4, -0.2) is 17.6 Å². The second kappa shape index (κ2) is 8.00. The Hall–Kier alpha value is -2.05. The van der Waals surface area contributed by atoms with Crippen molar-refractivity contribution < 1.29 is 9.90 Å². The van der Waals surface area contributed by atoms with E-state index in [1.807, 2.05) is 48.5 Å². The number of hydrogen-bond donors (Lipinski definition) is 2. The van der Waals surface area contributed by atoms with Crippen LogP contribution in [0.4, 0.5) is 11.4 Å². The minimum atomic E-state index is -1.40. The Morgan fingerprint density at radius 1 is 1.00 bits per heavy atom. The summed E-state index contributed by atoms with van der Waals surface area (Å²) in [6, 6.07) is 20.4. The predicted octanol–water partition coefficient (Wildman–Crippen LogP) is 5.60. The Kier molecular flexibility index (Phi) is 5.58. The van der Waals surface area contributed by atoms with Crippen LogP contribution in [0.15, 0.2) is 71.2 Å². The minimum Gasteiger partial charge on any atom is -0.393 e. The molecule has 0 aromatic heterocycles. The van der Waals surface area contributed by atoms with Crippen molar-refractivity contribution in [3.63, 3.8) is 0 Å². The number of rotatable bonds is 5. The summed E-state index contributed by atoms with van der Waals surface area (Å²) in [7, 11) is 0. The van der Waals surface area contributed by atoms with Crippen molar-refractivity contribution in [2.45, 2.75) is 12.1 Å². The lowest BCUT2D eigenvalue weighted by Gasteiger charge is -2.30. The zero-order valence-electron chi connectivity index (χ0n) is 15.2. The summed E-state index contributed by atoms with van der Waals surface area (Å²) in [6.45, 7) is -0.0733. The van der Waals surface area contributed by atoms with E-state index in [9.17, 15) is 9.90 Å². The lowest BCUT2D eigenvalue weighted by molar-refractivity contribution is -0.123. The molecule has 3 aromatic rings. The zero-order valence-corrected chi connectivity index (χ0v) is 18.3. The number of carbonyl (C=O) groups is 1. The van der Waals surface area contributed by atoms with Gasteiger partial charge in [0.25, 0.3) is 5.91 Å². The molecule has 29 heavy (non-hydrogen) atoms. The van der Waals surface area contributed by atoms with Gasteiger partial charge in [-0.05, 0) is 35.9 Å². The summed E-state index contributed by atoms with van der Waals surface area (Å²) < 4.78 is 0.801. The van der Waals surface area contributed by atoms with Crippen LogP contribution >= 0.6 is 39.1 Å². The van der Waals surface area contributed by atoms with Gasteiger partial charge in [0.05, 0.1) is 34.6 Å². The molecule has 0 aliphatic carbocycles. The van der Waals surface area contributed by atoms with Gasteiger partial charge in [-0.2, -0.15) is 0 Å². The molecular formula is C22H17BrCl2N2O2. The van der Waals surface area contributed by atoms with Gasteiger partial charge in [-0.15, -0.1) is 0 Å². The Morgan fingerprint density at radius 3 is 2.34 bits per heavy atom. The maximum absolute atomic E-state index is 13.7. The molecule has 148 valence electrons. The number of fused-ring (bicyclic) bond motifs is 1. The number of benzene rings is 3. The third kappa shape index (κ3) is 3.53. The molecule has 4 nitrogen and oxygen atoms in total. The summed E-state index contributed by atoms with van der Waals surface area (Å²) in [5, 5.41) is 14.3. The van der Waals surface area contributed by atoms with Crippen molar-refractivity contribution in [1.29, 1.82) is 0 Å². The first-order valence-corrected chi connectivity index (χ1v) is 10.5. The predicted molar refractivity (Wildman–Crippen MR) is 121 cm³/mol. The maximum atomic E-state index is 13.7. The van der Waals surface area contributed by atoms with Crippen molar-refractivity contribution in [2.24, 2.45) is 0 Å². The molecule has 0 bridgehead atoms. The van der Waals surface area contributed by atoms with Gasteiger partial charge in [-0.25, -0.2) is 0 Å². The average Bonchev–Trinajstić information content (AvgIpc) is 2.94. The molecule has 0 fully saturated rings. The van der Waals surface area contributed by atoms with Gasteiger partial charge >= 0.3 is 0 Å². The minimum absolute atomic E-state index is 0.270. The maximum Gasteiger partial charge on any atom is 0.260 e. The summed E-state index contributed by atoms with van der Waals surface area (Å²) in [5.74, 6) is -0.270. The van der Waals surface area contributed by atoms with E-state index in [1.54, 1.807) is 23.1 Å². The van der Waals surface area contributed by atoms with E-state index >= 15 is 0 Å². The monoisotopic (exact) mass is 490 g/mol. The molecule has 2 N–H and O–H groups in total. The summed E-state index contributed by atoms with van der Waals surface area (Å²) in [5.41, 5.74) is 1.38. The Labute approximate surface area is 187 Å². The van der Waals surface area contributed by atoms with E-state index in [2.05, 4.69) is 21.2 Å². The summed E-state index contributed by atoms with van der Waals surface area (Å²) >= 11 is 16.1. The van der Waals surface area contributed by atoms with Gasteiger partial charge in [0, 0.05) is 10.0 Å². The summed E-state index contributed by atoms with van der Waals surface area (Å²) in [4.78, 5) is 15.3. The van der Waals surface area contributed by atoms with Gasteiger partial charge < -0.3 is 15.3 Å². The highest BCUT2D eigenvalue weighted by molar-refractivity contribution is 9.10. The highest BCUT2D eigenvalue weighted by Gasteiger charge is 2.51. The number of nitrogens with one attached hydrogen (secondary N) is 1. The van der Waals surface area contributed by atoms with E-state index in [-0.39, 0.29) is 5.91 Å². The van der Waals surface area contributed by atoms with Crippen LogP contribution < -0.4 is 10.2 Å². The molecule has 1 atom stereocenters. The molecule has 1 aliphatic rings. The molecule has 0 radical (unpaired) electrons. The van der Waals surface area contributed by atoms with Crippen molar-refractivity contribution in [2.75, 3.05) is 16.8 Å². The molecule has 7 heteroatoms. The van der Waals surface area contributed by atoms with Crippen molar-refractivity contribution in [3.8, 4) is 0 Å². The van der Waals surface area contributed by atoms with Gasteiger partial charge in [0.2, 0.25) is 0 Å². The fourth-order valence-corrected chi connectivity index (χ4v) is 4.46. The van der Waals surface area contributed by atoms with Gasteiger partial charge in [0.1, 0.15) is 0 Å². The molecule has 3 aromatic carbocycles. The topological polar surface area (TPSA) is 52.6 Å². The highest BCUT2D eigenvalue weighted by Crippen LogP contribution is 2.46. The van der Waals surface area contributed by atoms with E-state index in [4.69, 9.17) is 23.2 Å². The van der Waals surface area contributed by atoms with Crippen molar-refractivity contribution in [3.05, 3.63) is 92.4 Å². The molecule has 0 spiro atoms. The molecule has 1 unspecified atom stereocenters. The van der Waals surface area contributed by atoms with Crippen LogP contribution in [0.3, 0.4) is 0 Å². The largest absolute Gasteiger partial charge is 0.393 e. The smallest absolute Gasteiger partial charge is 0.260 e. The number of amides is 1. The van der Waals surface area contributed by atoms with E-state index in [0.29, 0.717) is 27.8 Å². The van der Waals surface area contributed by atoms with E-state index < -0.39 is 12.1 Å². The van der Waals surface area contributed by atoms with Gasteiger partial charge in [-0.3, -0.25) is 4.79 Å². The van der Waals surface area contributed by atoms with E-state index in [1.165, 1.54) is 0 Å². The Bertz CT molecular complexity index is 1060. The fraction of sp³-hybridized carbons (Fsp3) is 0.136. The quantitative estimate of drug-likeness (QED) is 0.488. The van der Waals surface area contributed by atoms with E-state index in [0.717, 1.165) is 15.7 Å². The number of nitrogens with zero attached hydrogens (tertiary/aromatic N) is 1. The van der Waals surface area contributed by atoms with Crippen LogP contribution in [0.2, 0.25) is 10.0 Å². The molecular weight excluding hydrogens is 475 g/mol.